The Hall–Kier alpha value is -1.96. The fourth-order valence-electron chi connectivity index (χ4n) is 2.53. The Morgan fingerprint density at radius 1 is 1.11 bits per heavy atom. The van der Waals surface area contributed by atoms with Gasteiger partial charge in [0, 0.05) is 23.6 Å². The number of nitrogens with zero attached hydrogens (tertiary/aromatic N) is 1. The number of amides is 1. The van der Waals surface area contributed by atoms with Crippen molar-refractivity contribution in [3.05, 3.63) is 64.1 Å². The van der Waals surface area contributed by atoms with Gasteiger partial charge in [0.15, 0.2) is 0 Å². The van der Waals surface area contributed by atoms with Gasteiger partial charge in [0.1, 0.15) is 0 Å². The molecule has 0 saturated carbocycles. The van der Waals surface area contributed by atoms with Crippen molar-refractivity contribution in [2.45, 2.75) is 25.7 Å². The third kappa shape index (κ3) is 5.51. The number of carbonyl (C=O) groups is 1. The molecule has 5 nitrogen and oxygen atoms in total. The van der Waals surface area contributed by atoms with Gasteiger partial charge in [-0.15, -0.1) is 0 Å². The largest absolute Gasteiger partial charge is 0.321 e. The van der Waals surface area contributed by atoms with Crippen LogP contribution in [-0.2, 0) is 14.8 Å². The Labute approximate surface area is 169 Å². The van der Waals surface area contributed by atoms with E-state index in [9.17, 15) is 13.2 Å². The first-order valence-electron chi connectivity index (χ1n) is 8.63. The molecular weight excluding hydrogens is 428 g/mol. The van der Waals surface area contributed by atoms with E-state index in [1.165, 1.54) is 10.4 Å². The predicted molar refractivity (Wildman–Crippen MR) is 113 cm³/mol. The Bertz CT molecular complexity index is 934. The highest BCUT2D eigenvalue weighted by molar-refractivity contribution is 9.10. The van der Waals surface area contributed by atoms with Gasteiger partial charge in [-0.2, -0.15) is 4.31 Å². The van der Waals surface area contributed by atoms with Gasteiger partial charge in [-0.25, -0.2) is 8.42 Å². The highest BCUT2D eigenvalue weighted by atomic mass is 79.9. The van der Waals surface area contributed by atoms with E-state index < -0.39 is 10.0 Å². The normalized spacial score (nSPS) is 11.9. The third-order valence-electron chi connectivity index (χ3n) is 4.03. The van der Waals surface area contributed by atoms with Gasteiger partial charge >= 0.3 is 0 Å². The van der Waals surface area contributed by atoms with Gasteiger partial charge in [-0.1, -0.05) is 32.0 Å². The molecule has 1 N–H and O–H groups in total. The number of hydrogen-bond donors (Lipinski definition) is 1. The highest BCUT2D eigenvalue weighted by Crippen LogP contribution is 2.23. The smallest absolute Gasteiger partial charge is 0.248 e. The molecule has 1 amide bonds. The average Bonchev–Trinajstić information content (AvgIpc) is 2.63. The summed E-state index contributed by atoms with van der Waals surface area (Å²) in [6, 6.07) is 12.2. The van der Waals surface area contributed by atoms with Gasteiger partial charge in [0.05, 0.1) is 10.6 Å². The Morgan fingerprint density at radius 3 is 2.30 bits per heavy atom. The van der Waals surface area contributed by atoms with E-state index in [0.29, 0.717) is 18.8 Å². The molecule has 0 spiro atoms. The molecule has 0 unspecified atom stereocenters. The molecule has 0 fully saturated rings. The summed E-state index contributed by atoms with van der Waals surface area (Å²) < 4.78 is 27.2. The van der Waals surface area contributed by atoms with Crippen molar-refractivity contribution in [3.63, 3.8) is 0 Å². The Morgan fingerprint density at radius 2 is 1.74 bits per heavy atom. The van der Waals surface area contributed by atoms with Gasteiger partial charge in [0.25, 0.3) is 0 Å². The Balaban J connectivity index is 2.08. The number of benzene rings is 2. The summed E-state index contributed by atoms with van der Waals surface area (Å²) in [5.74, 6) is -0.264. The molecule has 0 aliphatic heterocycles. The standard InChI is InChI=1S/C20H23BrN2O3S/c1-4-23(5-2)27(25,26)17-10-7-16(8-11-17)9-13-20(24)22-19-12-6-15(3)14-18(19)21/h6-14H,4-5H2,1-3H3,(H,22,24)/b13-9+. The van der Waals surface area contributed by atoms with Crippen LogP contribution in [0.5, 0.6) is 0 Å². The molecule has 0 atom stereocenters. The van der Waals surface area contributed by atoms with E-state index in [-0.39, 0.29) is 10.8 Å². The molecule has 0 aliphatic carbocycles. The van der Waals surface area contributed by atoms with Crippen molar-refractivity contribution in [3.8, 4) is 0 Å². The summed E-state index contributed by atoms with van der Waals surface area (Å²) in [4.78, 5) is 12.3. The summed E-state index contributed by atoms with van der Waals surface area (Å²) in [7, 11) is -3.47. The van der Waals surface area contributed by atoms with Crippen LogP contribution in [0.25, 0.3) is 6.08 Å². The number of aryl methyl sites for hydroxylation is 1. The number of carbonyl (C=O) groups excluding carboxylic acids is 1. The molecule has 0 heterocycles. The van der Waals surface area contributed by atoms with Crippen LogP contribution in [0.3, 0.4) is 0 Å². The quantitative estimate of drug-likeness (QED) is 0.633. The highest BCUT2D eigenvalue weighted by Gasteiger charge is 2.20. The van der Waals surface area contributed by atoms with Crippen LogP contribution < -0.4 is 5.32 Å². The number of sulfonamides is 1. The molecule has 0 bridgehead atoms. The summed E-state index contributed by atoms with van der Waals surface area (Å²) in [5, 5.41) is 2.80. The molecule has 0 radical (unpaired) electrons. The first-order chi connectivity index (χ1) is 12.8. The fourth-order valence-corrected chi connectivity index (χ4v) is 4.58. The van der Waals surface area contributed by atoms with Crippen LogP contribution in [-0.4, -0.2) is 31.7 Å². The van der Waals surface area contributed by atoms with E-state index in [1.54, 1.807) is 30.3 Å². The summed E-state index contributed by atoms with van der Waals surface area (Å²) >= 11 is 3.42. The molecule has 144 valence electrons. The lowest BCUT2D eigenvalue weighted by Gasteiger charge is -2.18. The molecule has 0 aromatic heterocycles. The molecule has 0 saturated heterocycles. The minimum atomic E-state index is -3.47. The first-order valence-corrected chi connectivity index (χ1v) is 10.9. The number of rotatable bonds is 7. The maximum Gasteiger partial charge on any atom is 0.248 e. The van der Waals surface area contributed by atoms with Crippen LogP contribution >= 0.6 is 15.9 Å². The monoisotopic (exact) mass is 450 g/mol. The molecule has 2 aromatic rings. The lowest BCUT2D eigenvalue weighted by Crippen LogP contribution is -2.30. The number of nitrogens with one attached hydrogen (secondary N) is 1. The van der Waals surface area contributed by atoms with Crippen molar-refractivity contribution in [1.29, 1.82) is 0 Å². The molecule has 27 heavy (non-hydrogen) atoms. The minimum absolute atomic E-state index is 0.247. The van der Waals surface area contributed by atoms with E-state index in [0.717, 1.165) is 15.6 Å². The fraction of sp³-hybridized carbons (Fsp3) is 0.250. The predicted octanol–water partition coefficient (Wildman–Crippen LogP) is 4.44. The first kappa shape index (κ1) is 21.3. The zero-order valence-electron chi connectivity index (χ0n) is 15.6. The molecule has 0 aliphatic rings. The molecule has 2 rings (SSSR count). The van der Waals surface area contributed by atoms with Gasteiger partial charge in [-0.05, 0) is 64.3 Å². The molecular formula is C20H23BrN2O3S. The summed E-state index contributed by atoms with van der Waals surface area (Å²) in [5.41, 5.74) is 2.53. The maximum atomic E-state index is 12.5. The van der Waals surface area contributed by atoms with E-state index in [2.05, 4.69) is 21.2 Å². The zero-order valence-corrected chi connectivity index (χ0v) is 18.0. The van der Waals surface area contributed by atoms with Gasteiger partial charge in [0.2, 0.25) is 15.9 Å². The Kier molecular flexibility index (Phi) is 7.35. The SMILES string of the molecule is CCN(CC)S(=O)(=O)c1ccc(/C=C/C(=O)Nc2ccc(C)cc2Br)cc1. The van der Waals surface area contributed by atoms with Crippen molar-refractivity contribution in [1.82, 2.24) is 4.31 Å². The van der Waals surface area contributed by atoms with Crippen LogP contribution in [0.2, 0.25) is 0 Å². The second-order valence-corrected chi connectivity index (χ2v) is 8.76. The van der Waals surface area contributed by atoms with E-state index >= 15 is 0 Å². The van der Waals surface area contributed by atoms with Crippen molar-refractivity contribution in [2.75, 3.05) is 18.4 Å². The summed E-state index contributed by atoms with van der Waals surface area (Å²) in [6.45, 7) is 6.44. The summed E-state index contributed by atoms with van der Waals surface area (Å²) in [6.07, 6.45) is 3.06. The van der Waals surface area contributed by atoms with Gasteiger partial charge in [-0.3, -0.25) is 4.79 Å². The number of hydrogen-bond acceptors (Lipinski definition) is 3. The average molecular weight is 451 g/mol. The van der Waals surface area contributed by atoms with Crippen LogP contribution in [0, 0.1) is 6.92 Å². The molecule has 7 heteroatoms. The maximum absolute atomic E-state index is 12.5. The van der Waals surface area contributed by atoms with Gasteiger partial charge < -0.3 is 5.32 Å². The minimum Gasteiger partial charge on any atom is -0.321 e. The number of halogens is 1. The van der Waals surface area contributed by atoms with Crippen LogP contribution in [0.15, 0.2) is 57.9 Å². The van der Waals surface area contributed by atoms with E-state index in [4.69, 9.17) is 0 Å². The van der Waals surface area contributed by atoms with E-state index in [1.807, 2.05) is 39.0 Å². The van der Waals surface area contributed by atoms with Crippen molar-refractivity contribution in [2.24, 2.45) is 0 Å². The topological polar surface area (TPSA) is 66.5 Å². The lowest BCUT2D eigenvalue weighted by molar-refractivity contribution is -0.111. The van der Waals surface area contributed by atoms with Crippen molar-refractivity contribution < 1.29 is 13.2 Å². The van der Waals surface area contributed by atoms with Crippen LogP contribution in [0.4, 0.5) is 5.69 Å². The van der Waals surface area contributed by atoms with Crippen molar-refractivity contribution >= 4 is 43.6 Å². The number of anilines is 1. The zero-order chi connectivity index (χ0) is 20.0. The lowest BCUT2D eigenvalue weighted by atomic mass is 10.2. The van der Waals surface area contributed by atoms with Crippen LogP contribution in [0.1, 0.15) is 25.0 Å². The second-order valence-electron chi connectivity index (χ2n) is 5.96. The second kappa shape index (κ2) is 9.30. The molecule has 2 aromatic carbocycles. The third-order valence-corrected chi connectivity index (χ3v) is 6.75.